The molecule has 136 valence electrons. The molecular weight excluding hydrogens is 386 g/mol. The molecule has 0 spiro atoms. The second-order valence-electron chi connectivity index (χ2n) is 5.58. The molecule has 0 unspecified atom stereocenters. The zero-order valence-electron chi connectivity index (χ0n) is 13.5. The number of hydrogen-bond acceptors (Lipinski definition) is 5. The topological polar surface area (TPSA) is 61.8 Å². The fourth-order valence-corrected chi connectivity index (χ4v) is 3.29. The van der Waals surface area contributed by atoms with Crippen LogP contribution in [0.5, 0.6) is 11.5 Å². The number of methoxy groups -OCH3 is 1. The smallest absolute Gasteiger partial charge is 0.319 e. The first-order valence-electron chi connectivity index (χ1n) is 7.59. The van der Waals surface area contributed by atoms with Gasteiger partial charge in [-0.25, -0.2) is 4.39 Å². The van der Waals surface area contributed by atoms with Crippen molar-refractivity contribution in [1.82, 2.24) is 0 Å². The van der Waals surface area contributed by atoms with Gasteiger partial charge in [-0.15, -0.1) is 0 Å². The first-order chi connectivity index (χ1) is 12.4. The van der Waals surface area contributed by atoms with Crippen molar-refractivity contribution in [1.29, 1.82) is 0 Å². The van der Waals surface area contributed by atoms with E-state index in [1.807, 2.05) is 0 Å². The number of hydrogen-bond donors (Lipinski definition) is 0. The van der Waals surface area contributed by atoms with Gasteiger partial charge < -0.3 is 14.2 Å². The van der Waals surface area contributed by atoms with Crippen LogP contribution >= 0.6 is 23.2 Å². The highest BCUT2D eigenvalue weighted by molar-refractivity contribution is 6.37. The highest BCUT2D eigenvalue weighted by Gasteiger charge is 2.43. The molecule has 2 atom stereocenters. The number of benzene rings is 2. The number of cyclic esters (lactones) is 1. The Kier molecular flexibility index (Phi) is 5.34. The third-order valence-corrected chi connectivity index (χ3v) is 4.49. The Morgan fingerprint density at radius 1 is 1.23 bits per heavy atom. The third kappa shape index (κ3) is 3.61. The maximum absolute atomic E-state index is 13.3. The second-order valence-corrected chi connectivity index (χ2v) is 6.40. The van der Waals surface area contributed by atoms with Gasteiger partial charge in [0, 0.05) is 5.56 Å². The van der Waals surface area contributed by atoms with E-state index >= 15 is 0 Å². The second kappa shape index (κ2) is 7.51. The summed E-state index contributed by atoms with van der Waals surface area (Å²) in [5.41, 5.74) is 0.541. The molecule has 26 heavy (non-hydrogen) atoms. The van der Waals surface area contributed by atoms with E-state index in [4.69, 9.17) is 37.4 Å². The highest BCUT2D eigenvalue weighted by atomic mass is 35.5. The number of ether oxygens (including phenoxy) is 3. The van der Waals surface area contributed by atoms with Crippen LogP contribution in [0.4, 0.5) is 4.39 Å². The van der Waals surface area contributed by atoms with E-state index in [9.17, 15) is 14.0 Å². The highest BCUT2D eigenvalue weighted by Crippen LogP contribution is 2.41. The molecule has 2 aromatic carbocycles. The first-order valence-corrected chi connectivity index (χ1v) is 8.35. The van der Waals surface area contributed by atoms with Gasteiger partial charge in [-0.3, -0.25) is 9.59 Å². The van der Waals surface area contributed by atoms with Crippen molar-refractivity contribution in [2.75, 3.05) is 7.11 Å². The lowest BCUT2D eigenvalue weighted by atomic mass is 9.94. The molecule has 0 amide bonds. The summed E-state index contributed by atoms with van der Waals surface area (Å²) in [4.78, 5) is 24.4. The van der Waals surface area contributed by atoms with Crippen LogP contribution in [0.25, 0.3) is 0 Å². The van der Waals surface area contributed by atoms with Gasteiger partial charge in [-0.1, -0.05) is 41.4 Å². The van der Waals surface area contributed by atoms with Gasteiger partial charge in [0.1, 0.15) is 23.6 Å². The standard InChI is InChI=1S/C18H13Cl2FO5/c1-24-14-5-3-2-4-10(14)16-11(8-15(22)25-16)18(23)26-17-12(19)6-9(21)7-13(17)20/h2-7,11,16H,8H2,1H3/t11-,16-/m0/s1. The molecule has 5 nitrogen and oxygen atoms in total. The predicted octanol–water partition coefficient (Wildman–Crippen LogP) is 4.35. The van der Waals surface area contributed by atoms with Crippen LogP contribution < -0.4 is 9.47 Å². The Morgan fingerprint density at radius 3 is 2.54 bits per heavy atom. The van der Waals surface area contributed by atoms with E-state index in [0.29, 0.717) is 11.3 Å². The molecular formula is C18H13Cl2FO5. The van der Waals surface area contributed by atoms with Gasteiger partial charge in [0.2, 0.25) is 0 Å². The van der Waals surface area contributed by atoms with Gasteiger partial charge >= 0.3 is 11.9 Å². The molecule has 1 aliphatic rings. The molecule has 3 rings (SSSR count). The monoisotopic (exact) mass is 398 g/mol. The van der Waals surface area contributed by atoms with E-state index in [2.05, 4.69) is 0 Å². The Labute approximate surface area is 158 Å². The number of para-hydroxylation sites is 1. The quantitative estimate of drug-likeness (QED) is 0.565. The molecule has 0 aromatic heterocycles. The molecule has 0 aliphatic carbocycles. The summed E-state index contributed by atoms with van der Waals surface area (Å²) in [6, 6.07) is 8.83. The van der Waals surface area contributed by atoms with Crippen LogP contribution in [-0.4, -0.2) is 19.0 Å². The molecule has 0 bridgehead atoms. The summed E-state index contributed by atoms with van der Waals surface area (Å²) < 4.78 is 29.1. The maximum atomic E-state index is 13.3. The summed E-state index contributed by atoms with van der Waals surface area (Å²) in [5.74, 6) is -2.58. The Hall–Kier alpha value is -2.31. The largest absolute Gasteiger partial charge is 0.496 e. The molecule has 1 saturated heterocycles. The Bertz CT molecular complexity index is 847. The van der Waals surface area contributed by atoms with Crippen molar-refractivity contribution < 1.29 is 28.2 Å². The number of carbonyl (C=O) groups is 2. The zero-order chi connectivity index (χ0) is 18.8. The summed E-state index contributed by atoms with van der Waals surface area (Å²) in [5, 5.41) is -0.301. The first kappa shape index (κ1) is 18.5. The van der Waals surface area contributed by atoms with E-state index in [1.165, 1.54) is 7.11 Å². The molecule has 0 N–H and O–H groups in total. The molecule has 8 heteroatoms. The fourth-order valence-electron chi connectivity index (χ4n) is 2.75. The summed E-state index contributed by atoms with van der Waals surface area (Å²) in [6.07, 6.45) is -1.04. The number of halogens is 3. The predicted molar refractivity (Wildman–Crippen MR) is 92.0 cm³/mol. The average molecular weight is 399 g/mol. The number of carbonyl (C=O) groups excluding carboxylic acids is 2. The lowest BCUT2D eigenvalue weighted by molar-refractivity contribution is -0.143. The van der Waals surface area contributed by atoms with Crippen molar-refractivity contribution in [3.05, 3.63) is 57.8 Å². The van der Waals surface area contributed by atoms with Crippen molar-refractivity contribution in [3.8, 4) is 11.5 Å². The molecule has 1 heterocycles. The normalized spacial score (nSPS) is 19.2. The molecule has 2 aromatic rings. The number of rotatable bonds is 4. The molecule has 1 fully saturated rings. The van der Waals surface area contributed by atoms with Crippen molar-refractivity contribution in [2.45, 2.75) is 12.5 Å². The van der Waals surface area contributed by atoms with Crippen LogP contribution in [-0.2, 0) is 14.3 Å². The van der Waals surface area contributed by atoms with E-state index in [-0.39, 0.29) is 22.2 Å². The molecule has 1 aliphatic heterocycles. The van der Waals surface area contributed by atoms with Crippen molar-refractivity contribution >= 4 is 35.1 Å². The lowest BCUT2D eigenvalue weighted by Crippen LogP contribution is -2.24. The van der Waals surface area contributed by atoms with Gasteiger partial charge in [-0.05, 0) is 18.2 Å². The minimum Gasteiger partial charge on any atom is -0.496 e. The third-order valence-electron chi connectivity index (χ3n) is 3.92. The average Bonchev–Trinajstić information content (AvgIpc) is 2.99. The fraction of sp³-hybridized carbons (Fsp3) is 0.222. The summed E-state index contributed by atoms with van der Waals surface area (Å²) >= 11 is 11.8. The van der Waals surface area contributed by atoms with Gasteiger partial charge in [0.25, 0.3) is 0 Å². The van der Waals surface area contributed by atoms with Crippen LogP contribution in [0, 0.1) is 11.7 Å². The lowest BCUT2D eigenvalue weighted by Gasteiger charge is -2.19. The van der Waals surface area contributed by atoms with E-state index in [1.54, 1.807) is 24.3 Å². The zero-order valence-corrected chi connectivity index (χ0v) is 15.0. The minimum atomic E-state index is -0.920. The van der Waals surface area contributed by atoms with Crippen LogP contribution in [0.2, 0.25) is 10.0 Å². The Balaban J connectivity index is 1.89. The molecule has 0 radical (unpaired) electrons. The molecule has 0 saturated carbocycles. The van der Waals surface area contributed by atoms with E-state index < -0.39 is 29.8 Å². The maximum Gasteiger partial charge on any atom is 0.319 e. The van der Waals surface area contributed by atoms with Crippen LogP contribution in [0.3, 0.4) is 0 Å². The minimum absolute atomic E-state index is 0.151. The Morgan fingerprint density at radius 2 is 1.88 bits per heavy atom. The van der Waals surface area contributed by atoms with Gasteiger partial charge in [0.15, 0.2) is 5.75 Å². The van der Waals surface area contributed by atoms with Crippen LogP contribution in [0.15, 0.2) is 36.4 Å². The van der Waals surface area contributed by atoms with Crippen LogP contribution in [0.1, 0.15) is 18.1 Å². The SMILES string of the molecule is COc1ccccc1[C@@H]1OC(=O)C[C@@H]1C(=O)Oc1c(Cl)cc(F)cc1Cl. The van der Waals surface area contributed by atoms with Crippen molar-refractivity contribution in [2.24, 2.45) is 5.92 Å². The number of esters is 2. The summed E-state index contributed by atoms with van der Waals surface area (Å²) in [6.45, 7) is 0. The van der Waals surface area contributed by atoms with E-state index in [0.717, 1.165) is 12.1 Å². The van der Waals surface area contributed by atoms with Gasteiger partial charge in [-0.2, -0.15) is 0 Å². The summed E-state index contributed by atoms with van der Waals surface area (Å²) in [7, 11) is 1.47. The van der Waals surface area contributed by atoms with Crippen molar-refractivity contribution in [3.63, 3.8) is 0 Å². The van der Waals surface area contributed by atoms with Gasteiger partial charge in [0.05, 0.1) is 23.6 Å².